The Morgan fingerprint density at radius 2 is 1.85 bits per heavy atom. The Morgan fingerprint density at radius 3 is 2.60 bits per heavy atom. The number of anilines is 1. The van der Waals surface area contributed by atoms with E-state index in [1.807, 2.05) is 50.2 Å². The lowest BCUT2D eigenvalue weighted by atomic mass is 10.2. The molecule has 0 aliphatic heterocycles. The van der Waals surface area contributed by atoms with Crippen LogP contribution in [0, 0.1) is 13.8 Å². The van der Waals surface area contributed by atoms with E-state index >= 15 is 0 Å². The van der Waals surface area contributed by atoms with Gasteiger partial charge in [-0.3, -0.25) is 4.79 Å². The Kier molecular flexibility index (Phi) is 2.99. The summed E-state index contributed by atoms with van der Waals surface area (Å²) >= 11 is 0. The van der Waals surface area contributed by atoms with Crippen LogP contribution in [0.25, 0.3) is 11.1 Å². The summed E-state index contributed by atoms with van der Waals surface area (Å²) in [7, 11) is 0. The summed E-state index contributed by atoms with van der Waals surface area (Å²) in [6.07, 6.45) is 0. The molecule has 1 amide bonds. The van der Waals surface area contributed by atoms with Crippen LogP contribution in [0.3, 0.4) is 0 Å². The first-order valence-corrected chi connectivity index (χ1v) is 6.37. The molecule has 20 heavy (non-hydrogen) atoms. The second-order valence-electron chi connectivity index (χ2n) is 4.77. The molecule has 0 radical (unpaired) electrons. The fourth-order valence-electron chi connectivity index (χ4n) is 1.97. The van der Waals surface area contributed by atoms with Gasteiger partial charge < -0.3 is 9.73 Å². The standard InChI is InChI=1S/C16H14N2O2/c1-10-3-6-12(7-4-10)18-16(19)15-9-13-14(20-15)8-5-11(2)17-13/h3-9H,1-2H3,(H,18,19). The van der Waals surface area contributed by atoms with Crippen molar-refractivity contribution < 1.29 is 9.21 Å². The molecule has 0 saturated carbocycles. The molecule has 4 nitrogen and oxygen atoms in total. The van der Waals surface area contributed by atoms with Crippen LogP contribution in [0.15, 0.2) is 46.9 Å². The van der Waals surface area contributed by atoms with Crippen molar-refractivity contribution in [3.8, 4) is 0 Å². The van der Waals surface area contributed by atoms with Gasteiger partial charge in [0.05, 0.1) is 0 Å². The minimum atomic E-state index is -0.274. The molecule has 0 aliphatic carbocycles. The molecule has 0 atom stereocenters. The van der Waals surface area contributed by atoms with Crippen molar-refractivity contribution in [2.24, 2.45) is 0 Å². The van der Waals surface area contributed by atoms with E-state index in [2.05, 4.69) is 10.3 Å². The zero-order chi connectivity index (χ0) is 14.1. The molecule has 0 unspecified atom stereocenters. The lowest BCUT2D eigenvalue weighted by Gasteiger charge is -2.02. The summed E-state index contributed by atoms with van der Waals surface area (Å²) < 4.78 is 5.51. The van der Waals surface area contributed by atoms with E-state index in [9.17, 15) is 4.79 Å². The number of nitrogens with zero attached hydrogens (tertiary/aromatic N) is 1. The number of aromatic nitrogens is 1. The largest absolute Gasteiger partial charge is 0.449 e. The maximum Gasteiger partial charge on any atom is 0.291 e. The number of fused-ring (bicyclic) bond motifs is 1. The topological polar surface area (TPSA) is 55.1 Å². The second-order valence-corrected chi connectivity index (χ2v) is 4.77. The Morgan fingerprint density at radius 1 is 1.10 bits per heavy atom. The highest BCUT2D eigenvalue weighted by atomic mass is 16.3. The molecule has 0 saturated heterocycles. The smallest absolute Gasteiger partial charge is 0.291 e. The van der Waals surface area contributed by atoms with Crippen LogP contribution in [-0.4, -0.2) is 10.9 Å². The predicted octanol–water partition coefficient (Wildman–Crippen LogP) is 3.70. The summed E-state index contributed by atoms with van der Waals surface area (Å²) in [6.45, 7) is 3.90. The first kappa shape index (κ1) is 12.4. The summed E-state index contributed by atoms with van der Waals surface area (Å²) in [4.78, 5) is 16.4. The summed E-state index contributed by atoms with van der Waals surface area (Å²) in [5.74, 6) is -0.0109. The monoisotopic (exact) mass is 266 g/mol. The fourth-order valence-corrected chi connectivity index (χ4v) is 1.97. The average Bonchev–Trinajstić information content (AvgIpc) is 2.84. The number of carbonyl (C=O) groups is 1. The molecule has 0 bridgehead atoms. The number of nitrogens with one attached hydrogen (secondary N) is 1. The zero-order valence-electron chi connectivity index (χ0n) is 11.3. The quantitative estimate of drug-likeness (QED) is 0.769. The molecule has 0 fully saturated rings. The number of rotatable bonds is 2. The maximum atomic E-state index is 12.1. The molecular formula is C16H14N2O2. The third kappa shape index (κ3) is 2.40. The van der Waals surface area contributed by atoms with Crippen LogP contribution >= 0.6 is 0 Å². The van der Waals surface area contributed by atoms with Crippen molar-refractivity contribution in [3.63, 3.8) is 0 Å². The molecule has 4 heteroatoms. The Hall–Kier alpha value is -2.62. The lowest BCUT2D eigenvalue weighted by Crippen LogP contribution is -2.10. The number of amides is 1. The number of carbonyl (C=O) groups excluding carboxylic acids is 1. The van der Waals surface area contributed by atoms with Crippen LogP contribution < -0.4 is 5.32 Å². The molecule has 3 rings (SSSR count). The molecule has 3 aromatic rings. The van der Waals surface area contributed by atoms with Crippen molar-refractivity contribution in [2.75, 3.05) is 5.32 Å². The number of pyridine rings is 1. The van der Waals surface area contributed by atoms with Crippen molar-refractivity contribution in [3.05, 3.63) is 59.5 Å². The number of hydrogen-bond donors (Lipinski definition) is 1. The third-order valence-electron chi connectivity index (χ3n) is 3.05. The molecule has 100 valence electrons. The van der Waals surface area contributed by atoms with Crippen LogP contribution in [-0.2, 0) is 0 Å². The van der Waals surface area contributed by atoms with Gasteiger partial charge in [0.2, 0.25) is 0 Å². The van der Waals surface area contributed by atoms with E-state index in [0.29, 0.717) is 11.1 Å². The second kappa shape index (κ2) is 4.81. The molecule has 1 aromatic carbocycles. The lowest BCUT2D eigenvalue weighted by molar-refractivity contribution is 0.0998. The van der Waals surface area contributed by atoms with Gasteiger partial charge in [-0.1, -0.05) is 17.7 Å². The highest BCUT2D eigenvalue weighted by molar-refractivity contribution is 6.04. The van der Waals surface area contributed by atoms with E-state index in [1.165, 1.54) is 0 Å². The average molecular weight is 266 g/mol. The SMILES string of the molecule is Cc1ccc(NC(=O)c2cc3nc(C)ccc3o2)cc1. The van der Waals surface area contributed by atoms with E-state index in [-0.39, 0.29) is 11.7 Å². The maximum absolute atomic E-state index is 12.1. The minimum absolute atomic E-state index is 0.263. The van der Waals surface area contributed by atoms with Crippen molar-refractivity contribution in [1.82, 2.24) is 4.98 Å². The molecular weight excluding hydrogens is 252 g/mol. The summed E-state index contributed by atoms with van der Waals surface area (Å²) in [5, 5.41) is 2.80. The predicted molar refractivity (Wildman–Crippen MR) is 77.9 cm³/mol. The number of aryl methyl sites for hydroxylation is 2. The molecule has 2 aromatic heterocycles. The van der Waals surface area contributed by atoms with E-state index < -0.39 is 0 Å². The van der Waals surface area contributed by atoms with Crippen LogP contribution in [0.2, 0.25) is 0 Å². The Balaban J connectivity index is 1.86. The summed E-state index contributed by atoms with van der Waals surface area (Å²) in [5.41, 5.74) is 4.09. The van der Waals surface area contributed by atoms with E-state index in [0.717, 1.165) is 16.9 Å². The van der Waals surface area contributed by atoms with Gasteiger partial charge >= 0.3 is 0 Å². The van der Waals surface area contributed by atoms with Crippen LogP contribution in [0.1, 0.15) is 21.8 Å². The van der Waals surface area contributed by atoms with Gasteiger partial charge in [-0.2, -0.15) is 0 Å². The van der Waals surface area contributed by atoms with Crippen molar-refractivity contribution in [2.45, 2.75) is 13.8 Å². The molecule has 2 heterocycles. The highest BCUT2D eigenvalue weighted by Crippen LogP contribution is 2.19. The highest BCUT2D eigenvalue weighted by Gasteiger charge is 2.13. The Labute approximate surface area is 116 Å². The van der Waals surface area contributed by atoms with Crippen LogP contribution in [0.4, 0.5) is 5.69 Å². The molecule has 0 aliphatic rings. The first-order valence-electron chi connectivity index (χ1n) is 6.37. The van der Waals surface area contributed by atoms with Crippen LogP contribution in [0.5, 0.6) is 0 Å². The van der Waals surface area contributed by atoms with Crippen molar-refractivity contribution >= 4 is 22.7 Å². The number of furan rings is 1. The third-order valence-corrected chi connectivity index (χ3v) is 3.05. The van der Waals surface area contributed by atoms with Gasteiger partial charge in [0.1, 0.15) is 5.52 Å². The molecule has 1 N–H and O–H groups in total. The fraction of sp³-hybridized carbons (Fsp3) is 0.125. The van der Waals surface area contributed by atoms with E-state index in [1.54, 1.807) is 6.07 Å². The van der Waals surface area contributed by atoms with Gasteiger partial charge in [-0.25, -0.2) is 4.98 Å². The van der Waals surface area contributed by atoms with E-state index in [4.69, 9.17) is 4.42 Å². The van der Waals surface area contributed by atoms with Gasteiger partial charge in [0.15, 0.2) is 11.3 Å². The van der Waals surface area contributed by atoms with Gasteiger partial charge in [0, 0.05) is 17.4 Å². The zero-order valence-corrected chi connectivity index (χ0v) is 11.3. The Bertz CT molecular complexity index is 773. The first-order chi connectivity index (χ1) is 9.61. The number of benzene rings is 1. The number of hydrogen-bond acceptors (Lipinski definition) is 3. The molecule has 0 spiro atoms. The normalized spacial score (nSPS) is 10.7. The minimum Gasteiger partial charge on any atom is -0.449 e. The summed E-state index contributed by atoms with van der Waals surface area (Å²) in [6, 6.07) is 12.9. The van der Waals surface area contributed by atoms with Gasteiger partial charge in [-0.15, -0.1) is 0 Å². The van der Waals surface area contributed by atoms with Gasteiger partial charge in [-0.05, 0) is 38.1 Å². The van der Waals surface area contributed by atoms with Crippen molar-refractivity contribution in [1.29, 1.82) is 0 Å². The van der Waals surface area contributed by atoms with Gasteiger partial charge in [0.25, 0.3) is 5.91 Å².